The molecule has 3 rings (SSSR count). The highest BCUT2D eigenvalue weighted by Crippen LogP contribution is 2.18. The monoisotopic (exact) mass is 309 g/mol. The molecule has 0 aliphatic carbocycles. The van der Waals surface area contributed by atoms with Gasteiger partial charge in [0, 0.05) is 17.1 Å². The van der Waals surface area contributed by atoms with Crippen LogP contribution < -0.4 is 10.9 Å². The molecule has 0 fully saturated rings. The molecule has 6 heteroatoms. The summed E-state index contributed by atoms with van der Waals surface area (Å²) in [7, 11) is 0. The number of aryl methyl sites for hydroxylation is 1. The molecule has 6 nitrogen and oxygen atoms in total. The number of fused-ring (bicyclic) bond motifs is 1. The maximum absolute atomic E-state index is 12.2. The van der Waals surface area contributed by atoms with E-state index in [2.05, 4.69) is 15.8 Å². The van der Waals surface area contributed by atoms with Gasteiger partial charge >= 0.3 is 0 Å². The third-order valence-electron chi connectivity index (χ3n) is 3.52. The number of hydrogen-bond acceptors (Lipinski definition) is 3. The normalized spacial score (nSPS) is 10.5. The average Bonchev–Trinajstić information content (AvgIpc) is 2.98. The molecule has 0 atom stereocenters. The summed E-state index contributed by atoms with van der Waals surface area (Å²) in [6.07, 6.45) is 1.58. The van der Waals surface area contributed by atoms with E-state index in [-0.39, 0.29) is 11.3 Å². The Bertz CT molecular complexity index is 899. The molecule has 23 heavy (non-hydrogen) atoms. The zero-order valence-corrected chi connectivity index (χ0v) is 12.4. The van der Waals surface area contributed by atoms with E-state index in [0.29, 0.717) is 5.56 Å². The number of carbonyl (C=O) groups excluding carboxylic acids is 2. The lowest BCUT2D eigenvalue weighted by Crippen LogP contribution is -2.41. The van der Waals surface area contributed by atoms with Crippen molar-refractivity contribution in [1.29, 1.82) is 0 Å². The molecule has 0 unspecified atom stereocenters. The second-order valence-corrected chi connectivity index (χ2v) is 5.18. The van der Waals surface area contributed by atoms with Gasteiger partial charge in [0.05, 0.1) is 11.1 Å². The molecule has 0 aliphatic heterocycles. The third kappa shape index (κ3) is 2.87. The lowest BCUT2D eigenvalue weighted by atomic mass is 10.1. The summed E-state index contributed by atoms with van der Waals surface area (Å²) in [6.45, 7) is 1.81. The number of carbonyl (C=O) groups is 2. The minimum atomic E-state index is -0.584. The molecule has 0 spiro atoms. The maximum atomic E-state index is 12.2. The SMILES string of the molecule is Cc1ccc(O)c(C(=O)NNC(=O)c2c[nH]c3ccccc23)c1. The van der Waals surface area contributed by atoms with Crippen molar-refractivity contribution in [2.45, 2.75) is 6.92 Å². The average molecular weight is 309 g/mol. The van der Waals surface area contributed by atoms with Gasteiger partial charge in [-0.25, -0.2) is 0 Å². The van der Waals surface area contributed by atoms with Crippen molar-refractivity contribution in [3.63, 3.8) is 0 Å². The summed E-state index contributed by atoms with van der Waals surface area (Å²) in [4.78, 5) is 27.3. The number of amides is 2. The van der Waals surface area contributed by atoms with Crippen molar-refractivity contribution < 1.29 is 14.7 Å². The number of H-pyrrole nitrogens is 1. The fourth-order valence-corrected chi connectivity index (χ4v) is 2.34. The molecule has 2 aromatic carbocycles. The number of benzene rings is 2. The lowest BCUT2D eigenvalue weighted by Gasteiger charge is -2.08. The zero-order chi connectivity index (χ0) is 16.4. The molecule has 1 aromatic heterocycles. The van der Waals surface area contributed by atoms with Gasteiger partial charge in [-0.15, -0.1) is 0 Å². The molecule has 2 amide bonds. The molecule has 0 saturated heterocycles. The molecule has 0 bridgehead atoms. The van der Waals surface area contributed by atoms with Gasteiger partial charge in [0.2, 0.25) is 0 Å². The number of aromatic hydroxyl groups is 1. The van der Waals surface area contributed by atoms with Crippen LogP contribution in [0.3, 0.4) is 0 Å². The summed E-state index contributed by atoms with van der Waals surface area (Å²) in [5.41, 5.74) is 6.85. The molecular formula is C17H15N3O3. The van der Waals surface area contributed by atoms with E-state index >= 15 is 0 Å². The van der Waals surface area contributed by atoms with Crippen LogP contribution in [-0.2, 0) is 0 Å². The Kier molecular flexibility index (Phi) is 3.72. The molecule has 0 radical (unpaired) electrons. The van der Waals surface area contributed by atoms with Crippen LogP contribution >= 0.6 is 0 Å². The number of hydrazine groups is 1. The van der Waals surface area contributed by atoms with Gasteiger partial charge in [0.25, 0.3) is 11.8 Å². The van der Waals surface area contributed by atoms with Gasteiger partial charge in [-0.1, -0.05) is 29.8 Å². The highest BCUT2D eigenvalue weighted by molar-refractivity contribution is 6.07. The van der Waals surface area contributed by atoms with E-state index in [4.69, 9.17) is 0 Å². The van der Waals surface area contributed by atoms with Crippen LogP contribution in [0.1, 0.15) is 26.3 Å². The van der Waals surface area contributed by atoms with Crippen LogP contribution in [0.15, 0.2) is 48.7 Å². The quantitative estimate of drug-likeness (QED) is 0.547. The van der Waals surface area contributed by atoms with Crippen molar-refractivity contribution in [2.75, 3.05) is 0 Å². The Morgan fingerprint density at radius 3 is 2.48 bits per heavy atom. The Hall–Kier alpha value is -3.28. The zero-order valence-electron chi connectivity index (χ0n) is 12.4. The van der Waals surface area contributed by atoms with E-state index in [0.717, 1.165) is 16.5 Å². The van der Waals surface area contributed by atoms with E-state index in [1.807, 2.05) is 24.3 Å². The molecule has 0 aliphatic rings. The molecule has 116 valence electrons. The summed E-state index contributed by atoms with van der Waals surface area (Å²) in [5, 5.41) is 10.5. The Morgan fingerprint density at radius 1 is 1.00 bits per heavy atom. The lowest BCUT2D eigenvalue weighted by molar-refractivity contribution is 0.0846. The van der Waals surface area contributed by atoms with Gasteiger partial charge in [0.1, 0.15) is 5.75 Å². The van der Waals surface area contributed by atoms with Crippen LogP contribution in [-0.4, -0.2) is 21.9 Å². The first-order valence-corrected chi connectivity index (χ1v) is 7.02. The molecule has 0 saturated carbocycles. The first-order chi connectivity index (χ1) is 11.1. The standard InChI is InChI=1S/C17H15N3O3/c1-10-6-7-15(21)12(8-10)16(22)19-20-17(23)13-9-18-14-5-3-2-4-11(13)14/h2-9,18,21H,1H3,(H,19,22)(H,20,23). The van der Waals surface area contributed by atoms with Crippen LogP contribution in [0, 0.1) is 6.92 Å². The number of hydrogen-bond donors (Lipinski definition) is 4. The summed E-state index contributed by atoms with van der Waals surface area (Å²) in [5.74, 6) is -1.17. The summed E-state index contributed by atoms with van der Waals surface area (Å²) < 4.78 is 0. The van der Waals surface area contributed by atoms with Crippen molar-refractivity contribution in [2.24, 2.45) is 0 Å². The van der Waals surface area contributed by atoms with Crippen molar-refractivity contribution in [3.05, 3.63) is 65.4 Å². The predicted molar refractivity (Wildman–Crippen MR) is 86.1 cm³/mol. The van der Waals surface area contributed by atoms with Crippen LogP contribution in [0.4, 0.5) is 0 Å². The Labute approximate surface area is 132 Å². The van der Waals surface area contributed by atoms with Crippen LogP contribution in [0.25, 0.3) is 10.9 Å². The van der Waals surface area contributed by atoms with Crippen molar-refractivity contribution >= 4 is 22.7 Å². The summed E-state index contributed by atoms with van der Waals surface area (Å²) >= 11 is 0. The van der Waals surface area contributed by atoms with Gasteiger partial charge in [-0.2, -0.15) is 0 Å². The first-order valence-electron chi connectivity index (χ1n) is 7.02. The number of nitrogens with one attached hydrogen (secondary N) is 3. The number of phenolic OH excluding ortho intramolecular Hbond substituents is 1. The number of para-hydroxylation sites is 1. The fraction of sp³-hybridized carbons (Fsp3) is 0.0588. The van der Waals surface area contributed by atoms with Gasteiger partial charge in [0.15, 0.2) is 0 Å². The van der Waals surface area contributed by atoms with E-state index in [9.17, 15) is 14.7 Å². The van der Waals surface area contributed by atoms with Crippen molar-refractivity contribution in [3.8, 4) is 5.75 Å². The molecular weight excluding hydrogens is 294 g/mol. The van der Waals surface area contributed by atoms with E-state index in [1.54, 1.807) is 25.3 Å². The number of rotatable bonds is 2. The van der Waals surface area contributed by atoms with Gasteiger partial charge in [-0.05, 0) is 25.1 Å². The van der Waals surface area contributed by atoms with E-state index < -0.39 is 11.8 Å². The predicted octanol–water partition coefficient (Wildman–Crippen LogP) is 2.26. The third-order valence-corrected chi connectivity index (χ3v) is 3.52. The fourth-order valence-electron chi connectivity index (χ4n) is 2.34. The van der Waals surface area contributed by atoms with E-state index in [1.165, 1.54) is 6.07 Å². The number of aromatic nitrogens is 1. The van der Waals surface area contributed by atoms with Gasteiger partial charge < -0.3 is 10.1 Å². The van der Waals surface area contributed by atoms with Gasteiger partial charge in [-0.3, -0.25) is 20.4 Å². The van der Waals surface area contributed by atoms with Crippen LogP contribution in [0.2, 0.25) is 0 Å². The molecule has 3 aromatic rings. The number of aromatic amines is 1. The second-order valence-electron chi connectivity index (χ2n) is 5.18. The highest BCUT2D eigenvalue weighted by atomic mass is 16.3. The second kappa shape index (κ2) is 5.84. The largest absolute Gasteiger partial charge is 0.507 e. The smallest absolute Gasteiger partial charge is 0.273 e. The molecule has 4 N–H and O–H groups in total. The minimum Gasteiger partial charge on any atom is -0.507 e. The van der Waals surface area contributed by atoms with Crippen LogP contribution in [0.5, 0.6) is 5.75 Å². The number of phenols is 1. The Balaban J connectivity index is 1.74. The highest BCUT2D eigenvalue weighted by Gasteiger charge is 2.15. The minimum absolute atomic E-state index is 0.101. The first kappa shape index (κ1) is 14.6. The van der Waals surface area contributed by atoms with Crippen molar-refractivity contribution in [1.82, 2.24) is 15.8 Å². The topological polar surface area (TPSA) is 94.2 Å². The summed E-state index contributed by atoms with van der Waals surface area (Å²) in [6, 6.07) is 12.0. The maximum Gasteiger partial charge on any atom is 0.273 e. The molecule has 1 heterocycles. The Morgan fingerprint density at radius 2 is 1.70 bits per heavy atom.